The maximum atomic E-state index is 11.2. The predicted molar refractivity (Wildman–Crippen MR) is 84.9 cm³/mol. The lowest BCUT2D eigenvalue weighted by atomic mass is 10.0. The van der Waals surface area contributed by atoms with Gasteiger partial charge in [0.25, 0.3) is 5.69 Å². The fraction of sp³-hybridized carbons (Fsp3) is 0.600. The van der Waals surface area contributed by atoms with E-state index >= 15 is 0 Å². The zero-order valence-corrected chi connectivity index (χ0v) is 13.0. The molecular formula is C15H22ClN3O2. The molecular weight excluding hydrogens is 290 g/mol. The lowest BCUT2D eigenvalue weighted by Crippen LogP contribution is -2.36. The Morgan fingerprint density at radius 1 is 1.29 bits per heavy atom. The first kappa shape index (κ1) is 16.2. The van der Waals surface area contributed by atoms with Crippen LogP contribution in [-0.4, -0.2) is 35.0 Å². The Bertz CT molecular complexity index is 511. The van der Waals surface area contributed by atoms with Crippen molar-refractivity contribution in [2.24, 2.45) is 0 Å². The first-order valence-electron chi connectivity index (χ1n) is 7.38. The van der Waals surface area contributed by atoms with Crippen LogP contribution >= 0.6 is 12.4 Å². The molecule has 6 heteroatoms. The van der Waals surface area contributed by atoms with E-state index in [0.717, 1.165) is 25.1 Å². The van der Waals surface area contributed by atoms with E-state index in [1.165, 1.54) is 12.8 Å². The van der Waals surface area contributed by atoms with Gasteiger partial charge in [-0.15, -0.1) is 12.4 Å². The second-order valence-corrected chi connectivity index (χ2v) is 5.91. The van der Waals surface area contributed by atoms with E-state index in [1.807, 2.05) is 12.1 Å². The number of nitro benzene ring substituents is 1. The molecule has 2 bridgehead atoms. The van der Waals surface area contributed by atoms with Gasteiger partial charge in [0.1, 0.15) is 0 Å². The largest absolute Gasteiger partial charge is 0.310 e. The van der Waals surface area contributed by atoms with E-state index in [2.05, 4.69) is 17.1 Å². The number of nitrogens with zero attached hydrogens (tertiary/aromatic N) is 2. The molecule has 3 rings (SSSR count). The SMILES string of the molecule is CC(c1ccccc1[N+](=O)[O-])N1CCC2CCC(C1)N2.Cl. The topological polar surface area (TPSA) is 58.4 Å². The molecule has 5 nitrogen and oxygen atoms in total. The molecule has 2 aliphatic heterocycles. The standard InChI is InChI=1S/C15H21N3O2.ClH/c1-11(14-4-2-3-5-15(14)18(19)20)17-9-8-12-6-7-13(10-17)16-12;/h2-5,11-13,16H,6-10H2,1H3;1H. The van der Waals surface area contributed by atoms with Crippen LogP contribution in [0.4, 0.5) is 5.69 Å². The third-order valence-corrected chi connectivity index (χ3v) is 4.69. The molecule has 21 heavy (non-hydrogen) atoms. The number of hydrogen-bond acceptors (Lipinski definition) is 4. The zero-order chi connectivity index (χ0) is 14.1. The number of rotatable bonds is 3. The van der Waals surface area contributed by atoms with Crippen molar-refractivity contribution in [1.29, 1.82) is 0 Å². The van der Waals surface area contributed by atoms with Crippen molar-refractivity contribution < 1.29 is 4.92 Å². The average Bonchev–Trinajstić information content (AvgIpc) is 2.77. The minimum atomic E-state index is -0.270. The van der Waals surface area contributed by atoms with Crippen LogP contribution in [0, 0.1) is 10.1 Å². The predicted octanol–water partition coefficient (Wildman–Crippen LogP) is 2.90. The highest BCUT2D eigenvalue weighted by Crippen LogP contribution is 2.31. The molecule has 2 heterocycles. The summed E-state index contributed by atoms with van der Waals surface area (Å²) in [7, 11) is 0. The molecule has 1 N–H and O–H groups in total. The molecule has 0 amide bonds. The third-order valence-electron chi connectivity index (χ3n) is 4.69. The molecule has 1 aromatic carbocycles. The van der Waals surface area contributed by atoms with Gasteiger partial charge in [-0.2, -0.15) is 0 Å². The molecule has 0 aliphatic carbocycles. The van der Waals surface area contributed by atoms with E-state index in [4.69, 9.17) is 0 Å². The minimum absolute atomic E-state index is 0. The summed E-state index contributed by atoms with van der Waals surface area (Å²) in [6.45, 7) is 4.09. The van der Waals surface area contributed by atoms with Crippen LogP contribution in [0.3, 0.4) is 0 Å². The van der Waals surface area contributed by atoms with Gasteiger partial charge in [-0.1, -0.05) is 18.2 Å². The molecule has 3 unspecified atom stereocenters. The van der Waals surface area contributed by atoms with Crippen LogP contribution in [0.25, 0.3) is 0 Å². The number of likely N-dealkylation sites (tertiary alicyclic amines) is 1. The minimum Gasteiger partial charge on any atom is -0.310 e. The number of nitrogens with one attached hydrogen (secondary N) is 1. The highest BCUT2D eigenvalue weighted by molar-refractivity contribution is 5.85. The number of para-hydroxylation sites is 1. The Balaban J connectivity index is 0.00000161. The Hall–Kier alpha value is -1.17. The number of hydrogen-bond donors (Lipinski definition) is 1. The number of halogens is 1. The van der Waals surface area contributed by atoms with Crippen LogP contribution in [0.2, 0.25) is 0 Å². The Morgan fingerprint density at radius 2 is 2.00 bits per heavy atom. The van der Waals surface area contributed by atoms with Crippen molar-refractivity contribution in [2.75, 3.05) is 13.1 Å². The lowest BCUT2D eigenvalue weighted by Gasteiger charge is -2.30. The van der Waals surface area contributed by atoms with Crippen LogP contribution in [-0.2, 0) is 0 Å². The van der Waals surface area contributed by atoms with E-state index in [1.54, 1.807) is 12.1 Å². The third kappa shape index (κ3) is 3.36. The molecule has 0 aromatic heterocycles. The first-order chi connectivity index (χ1) is 9.65. The molecule has 116 valence electrons. The highest BCUT2D eigenvalue weighted by atomic mass is 35.5. The van der Waals surface area contributed by atoms with Crippen molar-refractivity contribution in [3.63, 3.8) is 0 Å². The lowest BCUT2D eigenvalue weighted by molar-refractivity contribution is -0.386. The van der Waals surface area contributed by atoms with Crippen LogP contribution in [0.5, 0.6) is 0 Å². The van der Waals surface area contributed by atoms with E-state index in [0.29, 0.717) is 12.1 Å². The fourth-order valence-corrected chi connectivity index (χ4v) is 3.53. The first-order valence-corrected chi connectivity index (χ1v) is 7.38. The Labute approximate surface area is 131 Å². The summed E-state index contributed by atoms with van der Waals surface area (Å²) in [5.41, 5.74) is 1.07. The quantitative estimate of drug-likeness (QED) is 0.689. The van der Waals surface area contributed by atoms with Gasteiger partial charge in [0.15, 0.2) is 0 Å². The molecule has 1 aromatic rings. The van der Waals surface area contributed by atoms with E-state index in [-0.39, 0.29) is 29.1 Å². The maximum absolute atomic E-state index is 11.2. The molecule has 0 spiro atoms. The summed E-state index contributed by atoms with van der Waals surface area (Å²) in [6, 6.07) is 8.41. The van der Waals surface area contributed by atoms with Crippen LogP contribution in [0.15, 0.2) is 24.3 Å². The number of benzene rings is 1. The normalized spacial score (nSPS) is 26.7. The zero-order valence-electron chi connectivity index (χ0n) is 12.2. The maximum Gasteiger partial charge on any atom is 0.274 e. The fourth-order valence-electron chi connectivity index (χ4n) is 3.53. The number of nitro groups is 1. The molecule has 3 atom stereocenters. The average molecular weight is 312 g/mol. The summed E-state index contributed by atoms with van der Waals surface area (Å²) < 4.78 is 0. The Morgan fingerprint density at radius 3 is 2.76 bits per heavy atom. The van der Waals surface area contributed by atoms with Crippen molar-refractivity contribution in [1.82, 2.24) is 10.2 Å². The summed E-state index contributed by atoms with van der Waals surface area (Å²) in [5.74, 6) is 0. The Kier molecular flexibility index (Phi) is 5.19. The highest BCUT2D eigenvalue weighted by Gasteiger charge is 2.32. The summed E-state index contributed by atoms with van der Waals surface area (Å²) in [5, 5.41) is 14.8. The molecule has 0 saturated carbocycles. The summed E-state index contributed by atoms with van der Waals surface area (Å²) >= 11 is 0. The monoisotopic (exact) mass is 311 g/mol. The summed E-state index contributed by atoms with van der Waals surface area (Å²) in [4.78, 5) is 13.3. The second-order valence-electron chi connectivity index (χ2n) is 5.91. The summed E-state index contributed by atoms with van der Waals surface area (Å²) in [6.07, 6.45) is 3.64. The molecule has 2 saturated heterocycles. The van der Waals surface area contributed by atoms with Gasteiger partial charge in [0.05, 0.1) is 4.92 Å². The van der Waals surface area contributed by atoms with Crippen LogP contribution < -0.4 is 5.32 Å². The van der Waals surface area contributed by atoms with Crippen molar-refractivity contribution >= 4 is 18.1 Å². The smallest absolute Gasteiger partial charge is 0.274 e. The van der Waals surface area contributed by atoms with Gasteiger partial charge in [-0.3, -0.25) is 15.0 Å². The van der Waals surface area contributed by atoms with Crippen molar-refractivity contribution in [3.05, 3.63) is 39.9 Å². The number of fused-ring (bicyclic) bond motifs is 2. The molecule has 2 fully saturated rings. The second kappa shape index (κ2) is 6.73. The van der Waals surface area contributed by atoms with Crippen molar-refractivity contribution in [2.45, 2.75) is 44.3 Å². The van der Waals surface area contributed by atoms with Gasteiger partial charge in [-0.05, 0) is 26.2 Å². The molecule has 2 aliphatic rings. The van der Waals surface area contributed by atoms with Gasteiger partial charge in [-0.25, -0.2) is 0 Å². The van der Waals surface area contributed by atoms with Gasteiger partial charge in [0.2, 0.25) is 0 Å². The van der Waals surface area contributed by atoms with Crippen molar-refractivity contribution in [3.8, 4) is 0 Å². The van der Waals surface area contributed by atoms with Gasteiger partial charge >= 0.3 is 0 Å². The van der Waals surface area contributed by atoms with Gasteiger partial charge < -0.3 is 5.32 Å². The molecule has 0 radical (unpaired) electrons. The van der Waals surface area contributed by atoms with Crippen LogP contribution in [0.1, 0.15) is 37.8 Å². The van der Waals surface area contributed by atoms with E-state index < -0.39 is 0 Å². The van der Waals surface area contributed by atoms with Gasteiger partial charge in [0, 0.05) is 42.8 Å². The van der Waals surface area contributed by atoms with E-state index in [9.17, 15) is 10.1 Å².